The van der Waals surface area contributed by atoms with Crippen molar-refractivity contribution >= 4 is 11.0 Å². The fraction of sp³-hybridized carbons (Fsp3) is 0.286. The molecule has 1 aliphatic rings. The molecule has 3 aromatic rings. The Balaban J connectivity index is 1.75. The minimum absolute atomic E-state index is 0.0184. The average molecular weight is 432 g/mol. The van der Waals surface area contributed by atoms with E-state index in [4.69, 9.17) is 13.9 Å². The highest BCUT2D eigenvalue weighted by Gasteiger charge is 2.45. The normalized spacial score (nSPS) is 26.1. The van der Waals surface area contributed by atoms with Crippen LogP contribution >= 0.6 is 0 Å². The number of phenolic OH excluding ortho intramolecular Hbond substituents is 2. The zero-order valence-corrected chi connectivity index (χ0v) is 16.0. The van der Waals surface area contributed by atoms with Crippen LogP contribution in [0, 0.1) is 0 Å². The van der Waals surface area contributed by atoms with Gasteiger partial charge in [0.05, 0.1) is 6.61 Å². The molecule has 0 radical (unpaired) electrons. The van der Waals surface area contributed by atoms with Crippen LogP contribution in [0.4, 0.5) is 0 Å². The maximum absolute atomic E-state index is 12.8. The van der Waals surface area contributed by atoms with Crippen molar-refractivity contribution in [3.63, 3.8) is 0 Å². The maximum atomic E-state index is 12.8. The second-order valence-corrected chi connectivity index (χ2v) is 7.15. The van der Waals surface area contributed by atoms with E-state index in [0.29, 0.717) is 5.56 Å². The Morgan fingerprint density at radius 2 is 1.61 bits per heavy atom. The molecule has 1 fully saturated rings. The molecular weight excluding hydrogens is 412 g/mol. The molecule has 31 heavy (non-hydrogen) atoms. The van der Waals surface area contributed by atoms with E-state index in [1.165, 1.54) is 24.3 Å². The molecule has 1 aliphatic heterocycles. The predicted octanol–water partition coefficient (Wildman–Crippen LogP) is 0.0499. The van der Waals surface area contributed by atoms with Gasteiger partial charge in [-0.3, -0.25) is 4.79 Å². The summed E-state index contributed by atoms with van der Waals surface area (Å²) in [5, 5.41) is 58.8. The van der Waals surface area contributed by atoms with Gasteiger partial charge in [-0.15, -0.1) is 0 Å². The molecule has 0 spiro atoms. The molecule has 4 rings (SSSR count). The number of aromatic hydroxyl groups is 2. The highest BCUT2D eigenvalue weighted by molar-refractivity contribution is 5.86. The van der Waals surface area contributed by atoms with Crippen LogP contribution in [-0.4, -0.2) is 68.0 Å². The molecule has 0 saturated carbocycles. The molecule has 2 heterocycles. The second kappa shape index (κ2) is 8.17. The third-order valence-corrected chi connectivity index (χ3v) is 5.02. The Hall–Kier alpha value is -3.15. The maximum Gasteiger partial charge on any atom is 0.229 e. The monoisotopic (exact) mass is 432 g/mol. The predicted molar refractivity (Wildman–Crippen MR) is 106 cm³/mol. The molecule has 5 atom stereocenters. The lowest BCUT2D eigenvalue weighted by Gasteiger charge is -2.39. The molecule has 1 saturated heterocycles. The molecule has 1 aromatic heterocycles. The van der Waals surface area contributed by atoms with Gasteiger partial charge in [-0.1, -0.05) is 0 Å². The van der Waals surface area contributed by atoms with Gasteiger partial charge >= 0.3 is 0 Å². The molecule has 164 valence electrons. The standard InChI is InChI=1S/C21H20O10/c22-8-16-18(26)19(27)20(28)21(31-16)30-15-6-11(24)5-14-17(15)12(25)7-13(29-14)9-1-3-10(23)4-2-9/h1-7,16,18-24,26-28H,8H2/t16-,18+,19-,20+,21+/m0/s1. The molecule has 10 heteroatoms. The third kappa shape index (κ3) is 3.94. The zero-order chi connectivity index (χ0) is 22.3. The van der Waals surface area contributed by atoms with Crippen molar-refractivity contribution in [1.29, 1.82) is 0 Å². The summed E-state index contributed by atoms with van der Waals surface area (Å²) in [7, 11) is 0. The summed E-state index contributed by atoms with van der Waals surface area (Å²) < 4.78 is 16.6. The molecule has 10 nitrogen and oxygen atoms in total. The van der Waals surface area contributed by atoms with Gasteiger partial charge in [-0.05, 0) is 24.3 Å². The fourth-order valence-electron chi connectivity index (χ4n) is 3.39. The molecule has 0 aliphatic carbocycles. The van der Waals surface area contributed by atoms with E-state index in [9.17, 15) is 35.4 Å². The van der Waals surface area contributed by atoms with Gasteiger partial charge in [0.15, 0.2) is 5.43 Å². The first-order chi connectivity index (χ1) is 14.8. The van der Waals surface area contributed by atoms with Crippen LogP contribution in [-0.2, 0) is 4.74 Å². The highest BCUT2D eigenvalue weighted by Crippen LogP contribution is 2.34. The number of rotatable bonds is 4. The number of aliphatic hydroxyl groups excluding tert-OH is 4. The third-order valence-electron chi connectivity index (χ3n) is 5.02. The van der Waals surface area contributed by atoms with E-state index in [1.807, 2.05) is 0 Å². The number of hydrogen-bond donors (Lipinski definition) is 6. The van der Waals surface area contributed by atoms with Crippen LogP contribution in [0.2, 0.25) is 0 Å². The Morgan fingerprint density at radius 3 is 2.29 bits per heavy atom. The van der Waals surface area contributed by atoms with Gasteiger partial charge < -0.3 is 44.5 Å². The first-order valence-corrected chi connectivity index (χ1v) is 9.36. The smallest absolute Gasteiger partial charge is 0.229 e. The average Bonchev–Trinajstić information content (AvgIpc) is 2.74. The van der Waals surface area contributed by atoms with Crippen LogP contribution in [0.1, 0.15) is 0 Å². The first kappa shape index (κ1) is 21.1. The second-order valence-electron chi connectivity index (χ2n) is 7.15. The Labute approximate surface area is 174 Å². The summed E-state index contributed by atoms with van der Waals surface area (Å²) in [5.41, 5.74) is -0.0318. The first-order valence-electron chi connectivity index (χ1n) is 9.36. The molecular formula is C21H20O10. The Morgan fingerprint density at radius 1 is 0.903 bits per heavy atom. The lowest BCUT2D eigenvalue weighted by Crippen LogP contribution is -2.60. The fourth-order valence-corrected chi connectivity index (χ4v) is 3.39. The van der Waals surface area contributed by atoms with Gasteiger partial charge in [0.2, 0.25) is 6.29 Å². The van der Waals surface area contributed by atoms with Crippen LogP contribution in [0.25, 0.3) is 22.3 Å². The highest BCUT2D eigenvalue weighted by atomic mass is 16.7. The van der Waals surface area contributed by atoms with E-state index >= 15 is 0 Å². The molecule has 0 bridgehead atoms. The van der Waals surface area contributed by atoms with E-state index < -0.39 is 42.7 Å². The van der Waals surface area contributed by atoms with Crippen molar-refractivity contribution in [3.8, 4) is 28.6 Å². The van der Waals surface area contributed by atoms with Crippen molar-refractivity contribution in [3.05, 3.63) is 52.7 Å². The summed E-state index contributed by atoms with van der Waals surface area (Å²) >= 11 is 0. The minimum Gasteiger partial charge on any atom is -0.508 e. The number of phenols is 2. The molecule has 6 N–H and O–H groups in total. The SMILES string of the molecule is O=c1cc(-c2ccc(O)cc2)oc2cc(O)cc(O[C@@H]3O[C@@H](CO)[C@@H](O)[C@H](O)[C@H]3O)c12. The molecule has 0 amide bonds. The van der Waals surface area contributed by atoms with Crippen molar-refractivity contribution in [2.24, 2.45) is 0 Å². The van der Waals surface area contributed by atoms with E-state index in [0.717, 1.165) is 6.07 Å². The number of aliphatic hydroxyl groups is 4. The van der Waals surface area contributed by atoms with E-state index in [-0.39, 0.29) is 34.0 Å². The molecule has 2 aromatic carbocycles. The number of hydrogen-bond acceptors (Lipinski definition) is 10. The van der Waals surface area contributed by atoms with Gasteiger partial charge in [0.25, 0.3) is 0 Å². The largest absolute Gasteiger partial charge is 0.508 e. The summed E-state index contributed by atoms with van der Waals surface area (Å²) in [6.07, 6.45) is -7.68. The van der Waals surface area contributed by atoms with Crippen molar-refractivity contribution in [2.75, 3.05) is 6.61 Å². The van der Waals surface area contributed by atoms with Gasteiger partial charge in [-0.25, -0.2) is 0 Å². The van der Waals surface area contributed by atoms with Crippen molar-refractivity contribution in [1.82, 2.24) is 0 Å². The Kier molecular flexibility index (Phi) is 5.56. The zero-order valence-electron chi connectivity index (χ0n) is 16.0. The molecule has 0 unspecified atom stereocenters. The number of ether oxygens (including phenoxy) is 2. The lowest BCUT2D eigenvalue weighted by molar-refractivity contribution is -0.277. The van der Waals surface area contributed by atoms with Crippen molar-refractivity contribution < 1.29 is 44.5 Å². The lowest BCUT2D eigenvalue weighted by atomic mass is 9.99. The van der Waals surface area contributed by atoms with Crippen LogP contribution < -0.4 is 10.2 Å². The van der Waals surface area contributed by atoms with E-state index in [1.54, 1.807) is 12.1 Å². The van der Waals surface area contributed by atoms with Gasteiger partial charge in [0, 0.05) is 23.8 Å². The minimum atomic E-state index is -1.70. The van der Waals surface area contributed by atoms with Crippen LogP contribution in [0.3, 0.4) is 0 Å². The summed E-state index contributed by atoms with van der Waals surface area (Å²) in [6.45, 7) is -0.649. The van der Waals surface area contributed by atoms with Gasteiger partial charge in [0.1, 0.15) is 58.4 Å². The topological polar surface area (TPSA) is 170 Å². The number of fused-ring (bicyclic) bond motifs is 1. The van der Waals surface area contributed by atoms with Crippen LogP contribution in [0.15, 0.2) is 51.7 Å². The summed E-state index contributed by atoms with van der Waals surface area (Å²) in [5.74, 6) is -0.273. The summed E-state index contributed by atoms with van der Waals surface area (Å²) in [6, 6.07) is 9.47. The van der Waals surface area contributed by atoms with E-state index in [2.05, 4.69) is 0 Å². The summed E-state index contributed by atoms with van der Waals surface area (Å²) in [4.78, 5) is 12.8. The Bertz CT molecular complexity index is 1140. The van der Waals surface area contributed by atoms with Crippen molar-refractivity contribution in [2.45, 2.75) is 30.7 Å². The quantitative estimate of drug-likeness (QED) is 0.331. The van der Waals surface area contributed by atoms with Gasteiger partial charge in [-0.2, -0.15) is 0 Å². The number of benzene rings is 2. The van der Waals surface area contributed by atoms with Crippen LogP contribution in [0.5, 0.6) is 17.2 Å².